The van der Waals surface area contributed by atoms with Gasteiger partial charge in [-0.05, 0) is 33.6 Å². The first-order chi connectivity index (χ1) is 7.87. The topological polar surface area (TPSA) is 64.8 Å². The molecule has 1 amide bonds. The summed E-state index contributed by atoms with van der Waals surface area (Å²) in [6.45, 7) is 6.69. The molecule has 0 aliphatic carbocycles. The van der Waals surface area contributed by atoms with Crippen LogP contribution >= 0.6 is 0 Å². The van der Waals surface area contributed by atoms with E-state index in [2.05, 4.69) is 0 Å². The van der Waals surface area contributed by atoms with Crippen LogP contribution in [0.1, 0.15) is 33.6 Å². The molecule has 1 saturated heterocycles. The van der Waals surface area contributed by atoms with Crippen molar-refractivity contribution in [1.29, 1.82) is 0 Å². The molecular weight excluding hydrogens is 220 g/mol. The van der Waals surface area contributed by atoms with Gasteiger partial charge in [0, 0.05) is 26.2 Å². The molecule has 1 aliphatic rings. The highest BCUT2D eigenvalue weighted by molar-refractivity contribution is 5.68. The molecule has 0 aromatic carbocycles. The van der Waals surface area contributed by atoms with Crippen molar-refractivity contribution in [3.8, 4) is 0 Å². The largest absolute Gasteiger partial charge is 0.444 e. The molecule has 0 aromatic heterocycles. The molecule has 0 saturated carbocycles. The molecule has 0 aromatic rings. The van der Waals surface area contributed by atoms with Gasteiger partial charge in [-0.1, -0.05) is 0 Å². The van der Waals surface area contributed by atoms with Gasteiger partial charge in [-0.3, -0.25) is 0 Å². The van der Waals surface area contributed by atoms with Gasteiger partial charge in [0.05, 0.1) is 6.10 Å². The number of rotatable bonds is 2. The van der Waals surface area contributed by atoms with Crippen LogP contribution in [0.2, 0.25) is 0 Å². The third kappa shape index (κ3) is 4.16. The molecule has 5 nitrogen and oxygen atoms in total. The lowest BCUT2D eigenvalue weighted by Gasteiger charge is -2.38. The molecule has 0 bridgehead atoms. The molecule has 0 radical (unpaired) electrons. The minimum Gasteiger partial charge on any atom is -0.444 e. The van der Waals surface area contributed by atoms with Crippen molar-refractivity contribution in [2.45, 2.75) is 51.4 Å². The van der Waals surface area contributed by atoms with Crippen LogP contribution in [0.15, 0.2) is 0 Å². The van der Waals surface area contributed by atoms with Crippen LogP contribution in [0.4, 0.5) is 4.79 Å². The third-order valence-electron chi connectivity index (χ3n) is 2.90. The van der Waals surface area contributed by atoms with E-state index in [1.165, 1.54) is 0 Å². The Balaban J connectivity index is 2.60. The number of piperidine rings is 1. The van der Waals surface area contributed by atoms with Crippen LogP contribution in [0.25, 0.3) is 0 Å². The quantitative estimate of drug-likeness (QED) is 0.796. The van der Waals surface area contributed by atoms with E-state index in [4.69, 9.17) is 15.2 Å². The number of carbonyl (C=O) groups excluding carboxylic acids is 1. The summed E-state index contributed by atoms with van der Waals surface area (Å²) in [6, 6.07) is 0.0172. The summed E-state index contributed by atoms with van der Waals surface area (Å²) in [5, 5.41) is 0. The Morgan fingerprint density at radius 2 is 2.12 bits per heavy atom. The molecule has 1 heterocycles. The fourth-order valence-electron chi connectivity index (χ4n) is 2.01. The summed E-state index contributed by atoms with van der Waals surface area (Å²) in [5.41, 5.74) is 5.24. The average Bonchev–Trinajstić information content (AvgIpc) is 2.25. The summed E-state index contributed by atoms with van der Waals surface area (Å²) < 4.78 is 10.7. The SMILES string of the molecule is COC1CCN(C(=O)OC(C)(C)C)C(CN)C1. The van der Waals surface area contributed by atoms with Gasteiger partial charge in [0.1, 0.15) is 5.60 Å². The average molecular weight is 244 g/mol. The van der Waals surface area contributed by atoms with Gasteiger partial charge >= 0.3 is 6.09 Å². The van der Waals surface area contributed by atoms with Gasteiger partial charge in [-0.25, -0.2) is 4.79 Å². The first-order valence-corrected chi connectivity index (χ1v) is 6.10. The van der Waals surface area contributed by atoms with Crippen LogP contribution in [0.5, 0.6) is 0 Å². The Kier molecular flexibility index (Phi) is 4.77. The zero-order valence-corrected chi connectivity index (χ0v) is 11.2. The highest BCUT2D eigenvalue weighted by Crippen LogP contribution is 2.21. The van der Waals surface area contributed by atoms with Crippen LogP contribution in [0, 0.1) is 0 Å². The maximum Gasteiger partial charge on any atom is 0.410 e. The number of hydrogen-bond acceptors (Lipinski definition) is 4. The molecule has 1 fully saturated rings. The summed E-state index contributed by atoms with van der Waals surface area (Å²) in [5.74, 6) is 0. The Morgan fingerprint density at radius 3 is 2.59 bits per heavy atom. The summed E-state index contributed by atoms with van der Waals surface area (Å²) >= 11 is 0. The molecule has 1 rings (SSSR count). The highest BCUT2D eigenvalue weighted by atomic mass is 16.6. The van der Waals surface area contributed by atoms with Crippen LogP contribution in [0.3, 0.4) is 0 Å². The minimum absolute atomic E-state index is 0.0172. The van der Waals surface area contributed by atoms with Crippen molar-refractivity contribution in [1.82, 2.24) is 4.90 Å². The van der Waals surface area contributed by atoms with Crippen LogP contribution in [-0.4, -0.2) is 48.9 Å². The Hall–Kier alpha value is -0.810. The Bertz CT molecular complexity index is 263. The van der Waals surface area contributed by atoms with Gasteiger partial charge < -0.3 is 20.1 Å². The van der Waals surface area contributed by atoms with Crippen molar-refractivity contribution < 1.29 is 14.3 Å². The second kappa shape index (κ2) is 5.69. The van der Waals surface area contributed by atoms with Crippen molar-refractivity contribution in [3.05, 3.63) is 0 Å². The van der Waals surface area contributed by atoms with Crippen molar-refractivity contribution >= 4 is 6.09 Å². The number of carbonyl (C=O) groups is 1. The first kappa shape index (κ1) is 14.3. The van der Waals surface area contributed by atoms with Crippen molar-refractivity contribution in [2.24, 2.45) is 5.73 Å². The Morgan fingerprint density at radius 1 is 1.47 bits per heavy atom. The van der Waals surface area contributed by atoms with Gasteiger partial charge in [0.15, 0.2) is 0 Å². The van der Waals surface area contributed by atoms with E-state index in [-0.39, 0.29) is 18.2 Å². The van der Waals surface area contributed by atoms with Gasteiger partial charge in [0.25, 0.3) is 0 Å². The minimum atomic E-state index is -0.464. The van der Waals surface area contributed by atoms with E-state index in [0.717, 1.165) is 12.8 Å². The first-order valence-electron chi connectivity index (χ1n) is 6.10. The van der Waals surface area contributed by atoms with Gasteiger partial charge in [0.2, 0.25) is 0 Å². The smallest absolute Gasteiger partial charge is 0.410 e. The second-order valence-corrected chi connectivity index (χ2v) is 5.45. The molecule has 1 aliphatic heterocycles. The van der Waals surface area contributed by atoms with E-state index in [9.17, 15) is 4.79 Å². The lowest BCUT2D eigenvalue weighted by atomic mass is 10.00. The molecule has 2 unspecified atom stereocenters. The lowest BCUT2D eigenvalue weighted by Crippen LogP contribution is -2.52. The maximum atomic E-state index is 12.0. The predicted octanol–water partition coefficient (Wildman–Crippen LogP) is 1.36. The van der Waals surface area contributed by atoms with Gasteiger partial charge in [-0.15, -0.1) is 0 Å². The number of likely N-dealkylation sites (tertiary alicyclic amines) is 1. The Labute approximate surface area is 103 Å². The van der Waals surface area contributed by atoms with E-state index in [1.54, 1.807) is 12.0 Å². The fourth-order valence-corrected chi connectivity index (χ4v) is 2.01. The molecule has 5 heteroatoms. The van der Waals surface area contributed by atoms with Crippen LogP contribution < -0.4 is 5.73 Å². The van der Waals surface area contributed by atoms with E-state index >= 15 is 0 Å². The molecule has 0 spiro atoms. The standard InChI is InChI=1S/C12H24N2O3/c1-12(2,3)17-11(15)14-6-5-10(16-4)7-9(14)8-13/h9-10H,5-8,13H2,1-4H3. The molecule has 2 N–H and O–H groups in total. The normalized spacial score (nSPS) is 25.8. The lowest BCUT2D eigenvalue weighted by molar-refractivity contribution is -0.0162. The van der Waals surface area contributed by atoms with Crippen LogP contribution in [-0.2, 0) is 9.47 Å². The zero-order chi connectivity index (χ0) is 13.1. The fraction of sp³-hybridized carbons (Fsp3) is 0.917. The van der Waals surface area contributed by atoms with Crippen molar-refractivity contribution in [3.63, 3.8) is 0 Å². The molecule has 2 atom stereocenters. The summed E-state index contributed by atoms with van der Waals surface area (Å²) in [7, 11) is 1.70. The van der Waals surface area contributed by atoms with E-state index in [1.807, 2.05) is 20.8 Å². The maximum absolute atomic E-state index is 12.0. The second-order valence-electron chi connectivity index (χ2n) is 5.45. The number of nitrogens with zero attached hydrogens (tertiary/aromatic N) is 1. The molecular formula is C12H24N2O3. The molecule has 100 valence electrons. The number of hydrogen-bond donors (Lipinski definition) is 1. The summed E-state index contributed by atoms with van der Waals surface area (Å²) in [4.78, 5) is 13.7. The third-order valence-corrected chi connectivity index (χ3v) is 2.90. The number of amides is 1. The van der Waals surface area contributed by atoms with Crippen molar-refractivity contribution in [2.75, 3.05) is 20.2 Å². The van der Waals surface area contributed by atoms with E-state index in [0.29, 0.717) is 13.1 Å². The van der Waals surface area contributed by atoms with E-state index < -0.39 is 5.60 Å². The summed E-state index contributed by atoms with van der Waals surface area (Å²) in [6.07, 6.45) is 1.54. The molecule has 17 heavy (non-hydrogen) atoms. The number of nitrogens with two attached hydrogens (primary N) is 1. The van der Waals surface area contributed by atoms with Gasteiger partial charge in [-0.2, -0.15) is 0 Å². The number of ether oxygens (including phenoxy) is 2. The predicted molar refractivity (Wildman–Crippen MR) is 65.8 cm³/mol. The monoisotopic (exact) mass is 244 g/mol. The zero-order valence-electron chi connectivity index (χ0n) is 11.2. The number of methoxy groups -OCH3 is 1. The highest BCUT2D eigenvalue weighted by Gasteiger charge is 2.33.